The lowest BCUT2D eigenvalue weighted by molar-refractivity contribution is 0.431. The number of hydrogen-bond donors (Lipinski definition) is 2. The van der Waals surface area contributed by atoms with Crippen molar-refractivity contribution in [2.75, 3.05) is 6.54 Å². The minimum Gasteiger partial charge on any atom is -0.508 e. The molecule has 1 aliphatic rings. The van der Waals surface area contributed by atoms with Gasteiger partial charge in [0, 0.05) is 12.0 Å². The molecule has 2 nitrogen and oxygen atoms in total. The van der Waals surface area contributed by atoms with Crippen LogP contribution in [0.4, 0.5) is 0 Å². The van der Waals surface area contributed by atoms with E-state index in [9.17, 15) is 5.11 Å². The number of phenolic OH excluding ortho intramolecular Hbond substituents is 1. The van der Waals surface area contributed by atoms with Crippen LogP contribution < -0.4 is 5.73 Å². The van der Waals surface area contributed by atoms with Crippen molar-refractivity contribution in [1.29, 1.82) is 0 Å². The van der Waals surface area contributed by atoms with Gasteiger partial charge in [-0.05, 0) is 42.9 Å². The first kappa shape index (κ1) is 10.5. The van der Waals surface area contributed by atoms with Gasteiger partial charge in [-0.15, -0.1) is 0 Å². The summed E-state index contributed by atoms with van der Waals surface area (Å²) in [5.41, 5.74) is 7.38. The van der Waals surface area contributed by atoms with Crippen molar-refractivity contribution >= 4 is 0 Å². The number of benzene rings is 1. The molecular weight excluding hydrogens is 186 g/mol. The third kappa shape index (κ3) is 1.86. The summed E-state index contributed by atoms with van der Waals surface area (Å²) in [6, 6.07) is 7.55. The minimum absolute atomic E-state index is 0.160. The monoisotopic (exact) mass is 205 g/mol. The van der Waals surface area contributed by atoms with Crippen LogP contribution in [0.25, 0.3) is 0 Å². The van der Waals surface area contributed by atoms with Crippen molar-refractivity contribution in [2.45, 2.75) is 31.6 Å². The number of rotatable bonds is 2. The van der Waals surface area contributed by atoms with Crippen LogP contribution in [0, 0.1) is 5.92 Å². The fourth-order valence-electron chi connectivity index (χ4n) is 2.77. The van der Waals surface area contributed by atoms with Gasteiger partial charge < -0.3 is 10.8 Å². The molecule has 0 bridgehead atoms. The van der Waals surface area contributed by atoms with E-state index >= 15 is 0 Å². The number of aromatic hydroxyl groups is 1. The molecule has 2 heteroatoms. The molecule has 0 aromatic heterocycles. The average molecular weight is 205 g/mol. The zero-order valence-electron chi connectivity index (χ0n) is 9.24. The Kier molecular flexibility index (Phi) is 2.70. The Morgan fingerprint density at radius 3 is 2.53 bits per heavy atom. The summed E-state index contributed by atoms with van der Waals surface area (Å²) in [4.78, 5) is 0. The molecular formula is C13H19NO. The Hall–Kier alpha value is -1.02. The van der Waals surface area contributed by atoms with Crippen LogP contribution in [0.2, 0.25) is 0 Å². The first-order valence-corrected chi connectivity index (χ1v) is 5.66. The van der Waals surface area contributed by atoms with Crippen molar-refractivity contribution in [1.82, 2.24) is 0 Å². The smallest absolute Gasteiger partial charge is 0.115 e. The van der Waals surface area contributed by atoms with E-state index in [0.717, 1.165) is 5.92 Å². The molecule has 0 aliphatic heterocycles. The van der Waals surface area contributed by atoms with E-state index in [-0.39, 0.29) is 5.41 Å². The fourth-order valence-corrected chi connectivity index (χ4v) is 2.77. The summed E-state index contributed by atoms with van der Waals surface area (Å²) < 4.78 is 0. The highest BCUT2D eigenvalue weighted by molar-refractivity contribution is 5.33. The number of hydrogen-bond acceptors (Lipinski definition) is 2. The quantitative estimate of drug-likeness (QED) is 0.778. The van der Waals surface area contributed by atoms with E-state index < -0.39 is 0 Å². The van der Waals surface area contributed by atoms with Crippen LogP contribution in [0.5, 0.6) is 5.75 Å². The standard InChI is InChI=1S/C13H19NO/c1-10-6-7-13(8-10,9-14)11-2-4-12(15)5-3-11/h2-5,10,15H,6-9,14H2,1H3. The maximum atomic E-state index is 9.28. The minimum atomic E-state index is 0.160. The predicted octanol–water partition coefficient (Wildman–Crippen LogP) is 2.41. The third-order valence-corrected chi connectivity index (χ3v) is 3.73. The van der Waals surface area contributed by atoms with Crippen LogP contribution >= 0.6 is 0 Å². The maximum Gasteiger partial charge on any atom is 0.115 e. The van der Waals surface area contributed by atoms with Crippen LogP contribution in [-0.4, -0.2) is 11.7 Å². The van der Waals surface area contributed by atoms with E-state index in [1.807, 2.05) is 12.1 Å². The van der Waals surface area contributed by atoms with Gasteiger partial charge in [-0.2, -0.15) is 0 Å². The van der Waals surface area contributed by atoms with Gasteiger partial charge in [-0.25, -0.2) is 0 Å². The van der Waals surface area contributed by atoms with Gasteiger partial charge in [0.25, 0.3) is 0 Å². The molecule has 1 fully saturated rings. The molecule has 0 heterocycles. The molecule has 2 unspecified atom stereocenters. The van der Waals surface area contributed by atoms with Gasteiger partial charge >= 0.3 is 0 Å². The summed E-state index contributed by atoms with van der Waals surface area (Å²) >= 11 is 0. The molecule has 0 radical (unpaired) electrons. The zero-order valence-corrected chi connectivity index (χ0v) is 9.24. The molecule has 1 saturated carbocycles. The highest BCUT2D eigenvalue weighted by atomic mass is 16.3. The lowest BCUT2D eigenvalue weighted by atomic mass is 9.78. The summed E-state index contributed by atoms with van der Waals surface area (Å²) in [6.45, 7) is 3.00. The predicted molar refractivity (Wildman–Crippen MR) is 61.9 cm³/mol. The van der Waals surface area contributed by atoms with Crippen molar-refractivity contribution in [3.8, 4) is 5.75 Å². The van der Waals surface area contributed by atoms with E-state index in [1.54, 1.807) is 12.1 Å². The van der Waals surface area contributed by atoms with Crippen LogP contribution in [0.3, 0.4) is 0 Å². The van der Waals surface area contributed by atoms with Crippen LogP contribution in [0.1, 0.15) is 31.7 Å². The van der Waals surface area contributed by atoms with E-state index in [4.69, 9.17) is 5.73 Å². The largest absolute Gasteiger partial charge is 0.508 e. The molecule has 1 aliphatic carbocycles. The highest BCUT2D eigenvalue weighted by Gasteiger charge is 2.37. The topological polar surface area (TPSA) is 46.2 Å². The van der Waals surface area contributed by atoms with Crippen molar-refractivity contribution < 1.29 is 5.11 Å². The fraction of sp³-hybridized carbons (Fsp3) is 0.538. The zero-order chi connectivity index (χ0) is 10.9. The molecule has 0 amide bonds. The van der Waals surface area contributed by atoms with Gasteiger partial charge in [0.05, 0.1) is 0 Å². The highest BCUT2D eigenvalue weighted by Crippen LogP contribution is 2.43. The number of nitrogens with two attached hydrogens (primary N) is 1. The molecule has 1 aromatic rings. The maximum absolute atomic E-state index is 9.28. The molecule has 1 aromatic carbocycles. The lowest BCUT2D eigenvalue weighted by Gasteiger charge is -2.28. The summed E-state index contributed by atoms with van der Waals surface area (Å²) in [5, 5.41) is 9.28. The molecule has 3 N–H and O–H groups in total. The molecule has 2 rings (SSSR count). The Balaban J connectivity index is 2.30. The lowest BCUT2D eigenvalue weighted by Crippen LogP contribution is -2.32. The first-order chi connectivity index (χ1) is 7.16. The molecule has 15 heavy (non-hydrogen) atoms. The van der Waals surface area contributed by atoms with Crippen molar-refractivity contribution in [3.05, 3.63) is 29.8 Å². The van der Waals surface area contributed by atoms with Crippen molar-refractivity contribution in [2.24, 2.45) is 11.7 Å². The van der Waals surface area contributed by atoms with Crippen molar-refractivity contribution in [3.63, 3.8) is 0 Å². The molecule has 0 spiro atoms. The Bertz CT molecular complexity index is 333. The second kappa shape index (κ2) is 3.86. The third-order valence-electron chi connectivity index (χ3n) is 3.73. The van der Waals surface area contributed by atoms with Crippen LogP contribution in [0.15, 0.2) is 24.3 Å². The van der Waals surface area contributed by atoms with Crippen LogP contribution in [-0.2, 0) is 5.41 Å². The second-order valence-corrected chi connectivity index (χ2v) is 4.88. The van der Waals surface area contributed by atoms with Gasteiger partial charge in [-0.3, -0.25) is 0 Å². The molecule has 0 saturated heterocycles. The average Bonchev–Trinajstić information content (AvgIpc) is 2.62. The van der Waals surface area contributed by atoms with E-state index in [2.05, 4.69) is 6.92 Å². The SMILES string of the molecule is CC1CCC(CN)(c2ccc(O)cc2)C1. The van der Waals surface area contributed by atoms with Gasteiger partial charge in [0.1, 0.15) is 5.75 Å². The molecule has 82 valence electrons. The van der Waals surface area contributed by atoms with Gasteiger partial charge in [0.15, 0.2) is 0 Å². The summed E-state index contributed by atoms with van der Waals surface area (Å²) in [7, 11) is 0. The summed E-state index contributed by atoms with van der Waals surface area (Å²) in [5.74, 6) is 1.10. The Morgan fingerprint density at radius 1 is 1.40 bits per heavy atom. The number of phenols is 1. The van der Waals surface area contributed by atoms with Gasteiger partial charge in [0.2, 0.25) is 0 Å². The second-order valence-electron chi connectivity index (χ2n) is 4.88. The Morgan fingerprint density at radius 2 is 2.07 bits per heavy atom. The summed E-state index contributed by atoms with van der Waals surface area (Å²) in [6.07, 6.45) is 3.61. The normalized spacial score (nSPS) is 30.7. The Labute approximate surface area is 91.1 Å². The first-order valence-electron chi connectivity index (χ1n) is 5.66. The van der Waals surface area contributed by atoms with E-state index in [0.29, 0.717) is 12.3 Å². The van der Waals surface area contributed by atoms with Gasteiger partial charge in [-0.1, -0.05) is 19.1 Å². The van der Waals surface area contributed by atoms with E-state index in [1.165, 1.54) is 24.8 Å². The molecule has 2 atom stereocenters.